The molecule has 0 bridgehead atoms. The summed E-state index contributed by atoms with van der Waals surface area (Å²) >= 11 is 0. The molecular formula is C14H19N5O. The quantitative estimate of drug-likeness (QED) is 0.894. The third-order valence-corrected chi connectivity index (χ3v) is 3.82. The van der Waals surface area contributed by atoms with Gasteiger partial charge >= 0.3 is 0 Å². The predicted molar refractivity (Wildman–Crippen MR) is 76.7 cm³/mol. The number of nitrogens with one attached hydrogen (secondary N) is 1. The maximum absolute atomic E-state index is 12.0. The van der Waals surface area contributed by atoms with E-state index in [4.69, 9.17) is 0 Å². The Morgan fingerprint density at radius 1 is 1.40 bits per heavy atom. The average Bonchev–Trinajstić information content (AvgIpc) is 2.78. The molecule has 106 valence electrons. The Morgan fingerprint density at radius 3 is 2.85 bits per heavy atom. The number of hydrogen-bond donors (Lipinski definition) is 1. The van der Waals surface area contributed by atoms with Crippen molar-refractivity contribution in [1.29, 1.82) is 0 Å². The Kier molecular flexibility index (Phi) is 3.54. The Labute approximate surface area is 117 Å². The van der Waals surface area contributed by atoms with Crippen LogP contribution in [0.2, 0.25) is 0 Å². The van der Waals surface area contributed by atoms with E-state index >= 15 is 0 Å². The molecule has 0 atom stereocenters. The molecule has 0 aliphatic heterocycles. The number of aryl methyl sites for hydroxylation is 3. The van der Waals surface area contributed by atoms with Gasteiger partial charge in [0.15, 0.2) is 0 Å². The molecule has 6 heteroatoms. The second kappa shape index (κ2) is 5.48. The highest BCUT2D eigenvalue weighted by Gasteiger charge is 2.17. The first kappa shape index (κ1) is 12.9. The Balaban J connectivity index is 1.64. The summed E-state index contributed by atoms with van der Waals surface area (Å²) in [6.45, 7) is 3.20. The van der Waals surface area contributed by atoms with E-state index in [1.807, 2.05) is 17.7 Å². The fourth-order valence-electron chi connectivity index (χ4n) is 2.31. The summed E-state index contributed by atoms with van der Waals surface area (Å²) in [6, 6.07) is 2.15. The van der Waals surface area contributed by atoms with E-state index in [-0.39, 0.29) is 5.56 Å². The zero-order valence-electron chi connectivity index (χ0n) is 11.6. The number of anilines is 1. The van der Waals surface area contributed by atoms with Gasteiger partial charge in [-0.2, -0.15) is 5.10 Å². The monoisotopic (exact) mass is 273 g/mol. The molecule has 0 unspecified atom stereocenters. The van der Waals surface area contributed by atoms with Crippen molar-refractivity contribution in [3.63, 3.8) is 0 Å². The zero-order valence-corrected chi connectivity index (χ0v) is 11.6. The van der Waals surface area contributed by atoms with E-state index < -0.39 is 0 Å². The van der Waals surface area contributed by atoms with Crippen molar-refractivity contribution in [1.82, 2.24) is 19.3 Å². The van der Waals surface area contributed by atoms with Gasteiger partial charge in [-0.05, 0) is 26.2 Å². The van der Waals surface area contributed by atoms with Crippen molar-refractivity contribution in [2.75, 3.05) is 5.32 Å². The first-order chi connectivity index (χ1) is 9.72. The lowest BCUT2D eigenvalue weighted by molar-refractivity contribution is 0.444. The highest BCUT2D eigenvalue weighted by atomic mass is 16.1. The van der Waals surface area contributed by atoms with Crippen LogP contribution in [0.3, 0.4) is 0 Å². The molecule has 1 aliphatic carbocycles. The Morgan fingerprint density at radius 2 is 2.25 bits per heavy atom. The smallest absolute Gasteiger partial charge is 0.268 e. The summed E-state index contributed by atoms with van der Waals surface area (Å²) in [6.07, 6.45) is 9.04. The van der Waals surface area contributed by atoms with Crippen LogP contribution in [0, 0.1) is 6.92 Å². The molecule has 0 radical (unpaired) electrons. The van der Waals surface area contributed by atoms with Crippen molar-refractivity contribution in [3.05, 3.63) is 40.8 Å². The molecule has 1 aliphatic rings. The standard InChI is InChI=1S/C14H19N5O/c1-11-15-5-6-18(11)7-8-19-14(20)9-13(10-16-19)17-12-3-2-4-12/h5-6,9-10,12,17H,2-4,7-8H2,1H3. The summed E-state index contributed by atoms with van der Waals surface area (Å²) in [5.74, 6) is 0.946. The molecule has 3 rings (SSSR count). The normalized spacial score (nSPS) is 15.1. The van der Waals surface area contributed by atoms with Crippen LogP contribution in [-0.4, -0.2) is 25.4 Å². The summed E-state index contributed by atoms with van der Waals surface area (Å²) in [7, 11) is 0. The fraction of sp³-hybridized carbons (Fsp3) is 0.500. The third kappa shape index (κ3) is 2.74. The van der Waals surface area contributed by atoms with Gasteiger partial charge in [-0.3, -0.25) is 4.79 Å². The van der Waals surface area contributed by atoms with Crippen LogP contribution in [-0.2, 0) is 13.1 Å². The predicted octanol–water partition coefficient (Wildman–Crippen LogP) is 1.41. The second-order valence-corrected chi connectivity index (χ2v) is 5.25. The van der Waals surface area contributed by atoms with Crippen LogP contribution >= 0.6 is 0 Å². The van der Waals surface area contributed by atoms with Gasteiger partial charge in [0.05, 0.1) is 18.4 Å². The van der Waals surface area contributed by atoms with Crippen molar-refractivity contribution >= 4 is 5.69 Å². The zero-order chi connectivity index (χ0) is 13.9. The van der Waals surface area contributed by atoms with Gasteiger partial charge in [0, 0.05) is 31.0 Å². The summed E-state index contributed by atoms with van der Waals surface area (Å²) in [5, 5.41) is 7.56. The lowest BCUT2D eigenvalue weighted by atomic mass is 9.93. The molecule has 6 nitrogen and oxygen atoms in total. The van der Waals surface area contributed by atoms with E-state index in [1.165, 1.54) is 23.9 Å². The largest absolute Gasteiger partial charge is 0.381 e. The van der Waals surface area contributed by atoms with E-state index in [0.29, 0.717) is 19.1 Å². The van der Waals surface area contributed by atoms with Crippen molar-refractivity contribution < 1.29 is 0 Å². The van der Waals surface area contributed by atoms with Crippen LogP contribution < -0.4 is 10.9 Å². The van der Waals surface area contributed by atoms with Gasteiger partial charge < -0.3 is 9.88 Å². The summed E-state index contributed by atoms with van der Waals surface area (Å²) < 4.78 is 3.50. The first-order valence-electron chi connectivity index (χ1n) is 7.04. The molecular weight excluding hydrogens is 254 g/mol. The van der Waals surface area contributed by atoms with Gasteiger partial charge in [-0.15, -0.1) is 0 Å². The minimum atomic E-state index is -0.0629. The molecule has 1 N–H and O–H groups in total. The van der Waals surface area contributed by atoms with Crippen LogP contribution in [0.1, 0.15) is 25.1 Å². The summed E-state index contributed by atoms with van der Waals surface area (Å²) in [4.78, 5) is 16.2. The van der Waals surface area contributed by atoms with Gasteiger partial charge in [-0.1, -0.05) is 0 Å². The second-order valence-electron chi connectivity index (χ2n) is 5.25. The Hall–Kier alpha value is -2.11. The highest BCUT2D eigenvalue weighted by molar-refractivity contribution is 5.40. The van der Waals surface area contributed by atoms with Gasteiger partial charge in [0.2, 0.25) is 0 Å². The number of nitrogens with zero attached hydrogens (tertiary/aromatic N) is 4. The molecule has 0 aromatic carbocycles. The summed E-state index contributed by atoms with van der Waals surface area (Å²) in [5.41, 5.74) is 0.766. The molecule has 0 amide bonds. The SMILES string of the molecule is Cc1nccn1CCn1ncc(NC2CCC2)cc1=O. The lowest BCUT2D eigenvalue weighted by Crippen LogP contribution is -2.29. The number of aromatic nitrogens is 4. The molecule has 20 heavy (non-hydrogen) atoms. The molecule has 2 heterocycles. The topological polar surface area (TPSA) is 64.7 Å². The van der Waals surface area contributed by atoms with Gasteiger partial charge in [-0.25, -0.2) is 9.67 Å². The van der Waals surface area contributed by atoms with Crippen molar-refractivity contribution in [2.45, 2.75) is 45.3 Å². The maximum atomic E-state index is 12.0. The highest BCUT2D eigenvalue weighted by Crippen LogP contribution is 2.21. The minimum absolute atomic E-state index is 0.0629. The van der Waals surface area contributed by atoms with Crippen molar-refractivity contribution in [2.24, 2.45) is 0 Å². The van der Waals surface area contributed by atoms with Crippen LogP contribution in [0.25, 0.3) is 0 Å². The molecule has 0 spiro atoms. The third-order valence-electron chi connectivity index (χ3n) is 3.82. The molecule has 2 aromatic heterocycles. The maximum Gasteiger partial charge on any atom is 0.268 e. The van der Waals surface area contributed by atoms with E-state index in [1.54, 1.807) is 18.5 Å². The number of hydrogen-bond acceptors (Lipinski definition) is 4. The minimum Gasteiger partial charge on any atom is -0.381 e. The van der Waals surface area contributed by atoms with E-state index in [0.717, 1.165) is 11.5 Å². The lowest BCUT2D eigenvalue weighted by Gasteiger charge is -2.27. The molecule has 1 fully saturated rings. The van der Waals surface area contributed by atoms with Gasteiger partial charge in [0.1, 0.15) is 5.82 Å². The molecule has 1 saturated carbocycles. The number of imidazole rings is 1. The van der Waals surface area contributed by atoms with E-state index in [2.05, 4.69) is 15.4 Å². The fourth-order valence-corrected chi connectivity index (χ4v) is 2.31. The number of rotatable bonds is 5. The Bertz CT molecular complexity index is 641. The van der Waals surface area contributed by atoms with Crippen LogP contribution in [0.15, 0.2) is 29.5 Å². The first-order valence-corrected chi connectivity index (χ1v) is 7.04. The average molecular weight is 273 g/mol. The van der Waals surface area contributed by atoms with Crippen LogP contribution in [0.5, 0.6) is 0 Å². The van der Waals surface area contributed by atoms with Crippen LogP contribution in [0.4, 0.5) is 5.69 Å². The molecule has 2 aromatic rings. The van der Waals surface area contributed by atoms with Crippen molar-refractivity contribution in [3.8, 4) is 0 Å². The van der Waals surface area contributed by atoms with Gasteiger partial charge in [0.25, 0.3) is 5.56 Å². The molecule has 0 saturated heterocycles. The van der Waals surface area contributed by atoms with E-state index in [9.17, 15) is 4.79 Å².